The zero-order valence-electron chi connectivity index (χ0n) is 15.7. The number of ether oxygens (including phenoxy) is 2. The lowest BCUT2D eigenvalue weighted by atomic mass is 9.97. The number of rotatable bonds is 6. The highest BCUT2D eigenvalue weighted by molar-refractivity contribution is 7.18. The number of hydrogen-bond donors (Lipinski definition) is 0. The molecular formula is C21H21N3O3S. The van der Waals surface area contributed by atoms with Crippen LogP contribution in [0.3, 0.4) is 0 Å². The third-order valence-corrected chi connectivity index (χ3v) is 5.93. The van der Waals surface area contributed by atoms with Crippen molar-refractivity contribution in [3.63, 3.8) is 0 Å². The number of benzene rings is 1. The van der Waals surface area contributed by atoms with Gasteiger partial charge in [-0.2, -0.15) is 9.78 Å². The molecule has 0 N–H and O–H groups in total. The third-order valence-electron chi connectivity index (χ3n) is 4.73. The molecule has 1 aromatic carbocycles. The number of fused-ring (bicyclic) bond motifs is 3. The van der Waals surface area contributed by atoms with Gasteiger partial charge in [0.15, 0.2) is 11.5 Å². The number of methoxy groups -OCH3 is 1. The van der Waals surface area contributed by atoms with Crippen LogP contribution in [-0.2, 0) is 12.8 Å². The van der Waals surface area contributed by atoms with Crippen LogP contribution >= 0.6 is 11.3 Å². The van der Waals surface area contributed by atoms with E-state index in [4.69, 9.17) is 9.47 Å². The van der Waals surface area contributed by atoms with E-state index in [0.717, 1.165) is 35.0 Å². The maximum atomic E-state index is 12.9. The fourth-order valence-corrected chi connectivity index (χ4v) is 4.60. The zero-order chi connectivity index (χ0) is 19.5. The lowest BCUT2D eigenvalue weighted by Gasteiger charge is -2.10. The Morgan fingerprint density at radius 3 is 3.00 bits per heavy atom. The molecule has 7 heteroatoms. The number of nitrogens with zero attached hydrogens (tertiary/aromatic N) is 3. The van der Waals surface area contributed by atoms with E-state index in [1.165, 1.54) is 27.9 Å². The molecule has 2 heterocycles. The lowest BCUT2D eigenvalue weighted by Crippen LogP contribution is -2.18. The van der Waals surface area contributed by atoms with Gasteiger partial charge in [-0.1, -0.05) is 12.7 Å². The molecule has 3 aromatic rings. The second-order valence-corrected chi connectivity index (χ2v) is 7.62. The molecule has 0 aliphatic heterocycles. The van der Waals surface area contributed by atoms with Crippen LogP contribution in [0.15, 0.2) is 47.1 Å². The van der Waals surface area contributed by atoms with E-state index in [-0.39, 0.29) is 5.56 Å². The maximum absolute atomic E-state index is 12.9. The summed E-state index contributed by atoms with van der Waals surface area (Å²) in [6.07, 6.45) is 9.07. The first-order valence-corrected chi connectivity index (χ1v) is 10.0. The minimum absolute atomic E-state index is 0.112. The van der Waals surface area contributed by atoms with E-state index in [1.807, 2.05) is 18.2 Å². The molecule has 6 nitrogen and oxygen atoms in total. The van der Waals surface area contributed by atoms with Crippen LogP contribution in [0.2, 0.25) is 0 Å². The number of hydrogen-bond acceptors (Lipinski definition) is 6. The van der Waals surface area contributed by atoms with Crippen LogP contribution in [0.4, 0.5) is 0 Å². The summed E-state index contributed by atoms with van der Waals surface area (Å²) in [6, 6.07) is 5.47. The Morgan fingerprint density at radius 1 is 1.32 bits per heavy atom. The number of aromatic nitrogens is 2. The van der Waals surface area contributed by atoms with Crippen molar-refractivity contribution in [3.8, 4) is 11.5 Å². The molecule has 1 aliphatic carbocycles. The average molecular weight is 395 g/mol. The summed E-state index contributed by atoms with van der Waals surface area (Å²) < 4.78 is 12.2. The van der Waals surface area contributed by atoms with E-state index in [9.17, 15) is 4.79 Å². The number of aryl methyl sites for hydroxylation is 2. The highest BCUT2D eigenvalue weighted by atomic mass is 32.1. The van der Waals surface area contributed by atoms with E-state index in [0.29, 0.717) is 18.1 Å². The van der Waals surface area contributed by atoms with E-state index in [1.54, 1.807) is 30.7 Å². The topological polar surface area (TPSA) is 65.7 Å². The van der Waals surface area contributed by atoms with Crippen molar-refractivity contribution >= 4 is 27.8 Å². The van der Waals surface area contributed by atoms with Gasteiger partial charge in [0.05, 0.1) is 18.7 Å². The summed E-state index contributed by atoms with van der Waals surface area (Å²) in [4.78, 5) is 19.5. The van der Waals surface area contributed by atoms with Crippen LogP contribution in [-0.4, -0.2) is 29.6 Å². The van der Waals surface area contributed by atoms with Crippen LogP contribution in [0, 0.1) is 0 Å². The normalized spacial score (nSPS) is 13.6. The fraction of sp³-hybridized carbons (Fsp3) is 0.286. The summed E-state index contributed by atoms with van der Waals surface area (Å²) in [5, 5.41) is 5.06. The van der Waals surface area contributed by atoms with Crippen molar-refractivity contribution < 1.29 is 9.47 Å². The van der Waals surface area contributed by atoms with Crippen LogP contribution in [0.5, 0.6) is 11.5 Å². The van der Waals surface area contributed by atoms with Crippen molar-refractivity contribution in [2.45, 2.75) is 25.7 Å². The molecule has 2 aromatic heterocycles. The van der Waals surface area contributed by atoms with Gasteiger partial charge in [-0.15, -0.1) is 11.3 Å². The van der Waals surface area contributed by atoms with Crippen molar-refractivity contribution in [2.75, 3.05) is 13.7 Å². The molecule has 144 valence electrons. The molecule has 0 amide bonds. The van der Waals surface area contributed by atoms with Crippen molar-refractivity contribution in [2.24, 2.45) is 5.10 Å². The molecule has 28 heavy (non-hydrogen) atoms. The van der Waals surface area contributed by atoms with Gasteiger partial charge in [0.2, 0.25) is 0 Å². The summed E-state index contributed by atoms with van der Waals surface area (Å²) >= 11 is 1.64. The third kappa shape index (κ3) is 3.45. The molecule has 0 radical (unpaired) electrons. The molecule has 0 saturated heterocycles. The Morgan fingerprint density at radius 2 is 2.18 bits per heavy atom. The highest BCUT2D eigenvalue weighted by Gasteiger charge is 2.19. The van der Waals surface area contributed by atoms with E-state index < -0.39 is 0 Å². The van der Waals surface area contributed by atoms with Crippen LogP contribution < -0.4 is 15.0 Å². The Hall–Kier alpha value is -2.93. The van der Waals surface area contributed by atoms with Gasteiger partial charge in [-0.05, 0) is 55.0 Å². The first-order chi connectivity index (χ1) is 13.7. The monoisotopic (exact) mass is 395 g/mol. The van der Waals surface area contributed by atoms with Crippen molar-refractivity contribution in [1.82, 2.24) is 9.66 Å². The molecule has 0 fully saturated rings. The predicted octanol–water partition coefficient (Wildman–Crippen LogP) is 3.79. The van der Waals surface area contributed by atoms with Gasteiger partial charge >= 0.3 is 0 Å². The highest BCUT2D eigenvalue weighted by Crippen LogP contribution is 2.33. The molecule has 0 saturated carbocycles. The second kappa shape index (κ2) is 7.98. The first kappa shape index (κ1) is 18.4. The van der Waals surface area contributed by atoms with Crippen LogP contribution in [0.1, 0.15) is 28.8 Å². The van der Waals surface area contributed by atoms with Gasteiger partial charge < -0.3 is 9.47 Å². The Kier molecular flexibility index (Phi) is 5.25. The standard InChI is InChI=1S/C21H21N3O3S/c1-3-10-27-16-9-8-14(11-17(16)26-2)12-23-24-13-22-20-19(21(24)25)15-6-4-5-7-18(15)28-20/h3,8-9,11-13H,1,4-7,10H2,2H3/b23-12+. The molecule has 0 atom stereocenters. The zero-order valence-corrected chi connectivity index (χ0v) is 16.5. The summed E-state index contributed by atoms with van der Waals surface area (Å²) in [5.41, 5.74) is 1.85. The van der Waals surface area contributed by atoms with Crippen LogP contribution in [0.25, 0.3) is 10.2 Å². The lowest BCUT2D eigenvalue weighted by molar-refractivity contribution is 0.326. The van der Waals surface area contributed by atoms with Crippen molar-refractivity contribution in [3.05, 3.63) is 63.5 Å². The average Bonchev–Trinajstić information content (AvgIpc) is 3.11. The number of thiophene rings is 1. The fourth-order valence-electron chi connectivity index (χ4n) is 3.38. The smallest absolute Gasteiger partial charge is 0.282 e. The molecule has 1 aliphatic rings. The molecule has 0 bridgehead atoms. The molecular weight excluding hydrogens is 374 g/mol. The summed E-state index contributed by atoms with van der Waals surface area (Å²) in [5.74, 6) is 1.23. The Balaban J connectivity index is 1.66. The van der Waals surface area contributed by atoms with Gasteiger partial charge in [-0.3, -0.25) is 4.79 Å². The largest absolute Gasteiger partial charge is 0.493 e. The van der Waals surface area contributed by atoms with Crippen molar-refractivity contribution in [1.29, 1.82) is 0 Å². The quantitative estimate of drug-likeness (QED) is 0.470. The first-order valence-electron chi connectivity index (χ1n) is 9.19. The maximum Gasteiger partial charge on any atom is 0.282 e. The molecule has 0 unspecified atom stereocenters. The Labute approximate surface area is 166 Å². The summed E-state index contributed by atoms with van der Waals surface area (Å²) in [7, 11) is 1.58. The second-order valence-electron chi connectivity index (χ2n) is 6.54. The Bertz CT molecular complexity index is 1110. The van der Waals surface area contributed by atoms with Gasteiger partial charge in [0.1, 0.15) is 17.8 Å². The SMILES string of the molecule is C=CCOc1ccc(/C=N/n2cnc3sc4c(c3c2=O)CCCC4)cc1OC. The van der Waals surface area contributed by atoms with Gasteiger partial charge in [0, 0.05) is 4.88 Å². The minimum Gasteiger partial charge on any atom is -0.493 e. The molecule has 0 spiro atoms. The predicted molar refractivity (Wildman–Crippen MR) is 112 cm³/mol. The van der Waals surface area contributed by atoms with E-state index >= 15 is 0 Å². The van der Waals surface area contributed by atoms with Gasteiger partial charge in [0.25, 0.3) is 5.56 Å². The molecule has 4 rings (SSSR count). The summed E-state index contributed by atoms with van der Waals surface area (Å²) in [6.45, 7) is 4.04. The van der Waals surface area contributed by atoms with E-state index in [2.05, 4.69) is 16.7 Å². The van der Waals surface area contributed by atoms with Gasteiger partial charge in [-0.25, -0.2) is 4.98 Å². The minimum atomic E-state index is -0.112.